The summed E-state index contributed by atoms with van der Waals surface area (Å²) in [5, 5.41) is 12.7. The van der Waals surface area contributed by atoms with Crippen molar-refractivity contribution in [2.75, 3.05) is 13.7 Å². The molecule has 1 aromatic carbocycles. The van der Waals surface area contributed by atoms with Gasteiger partial charge in [0, 0.05) is 35.0 Å². The number of hydrogen-bond acceptors (Lipinski definition) is 7. The largest absolute Gasteiger partial charge is 0.497 e. The van der Waals surface area contributed by atoms with E-state index < -0.39 is 6.09 Å². The van der Waals surface area contributed by atoms with Crippen LogP contribution in [0, 0.1) is 17.2 Å². The maximum atomic E-state index is 13.0. The van der Waals surface area contributed by atoms with Crippen LogP contribution < -0.4 is 10.1 Å². The number of thiophene rings is 1. The first-order valence-electron chi connectivity index (χ1n) is 12.9. The fraction of sp³-hybridized carbons (Fsp3) is 0.400. The van der Waals surface area contributed by atoms with Crippen LogP contribution in [0.4, 0.5) is 4.79 Å². The third kappa shape index (κ3) is 6.78. The van der Waals surface area contributed by atoms with Crippen LogP contribution in [0.1, 0.15) is 70.7 Å². The van der Waals surface area contributed by atoms with Gasteiger partial charge in [0.2, 0.25) is 0 Å². The number of pyridine rings is 1. The second-order valence-electron chi connectivity index (χ2n) is 9.87. The monoisotopic (exact) mass is 531 g/mol. The normalized spacial score (nSPS) is 16.0. The lowest BCUT2D eigenvalue weighted by Gasteiger charge is -2.22. The first-order chi connectivity index (χ1) is 18.4. The number of nitrogens with one attached hydrogen (secondary N) is 1. The van der Waals surface area contributed by atoms with E-state index in [1.165, 1.54) is 0 Å². The van der Waals surface area contributed by atoms with E-state index in [0.717, 1.165) is 51.5 Å². The molecular weight excluding hydrogens is 498 g/mol. The Labute approximate surface area is 227 Å². The Hall–Kier alpha value is -3.70. The molecule has 0 saturated heterocycles. The van der Waals surface area contributed by atoms with E-state index in [0.29, 0.717) is 18.6 Å². The number of ketones is 1. The molecule has 0 spiro atoms. The van der Waals surface area contributed by atoms with Gasteiger partial charge in [0.15, 0.2) is 0 Å². The number of alkyl carbamates (subject to hydrolysis) is 1. The van der Waals surface area contributed by atoms with Crippen LogP contribution in [0.5, 0.6) is 5.75 Å². The molecule has 1 N–H and O–H groups in total. The van der Waals surface area contributed by atoms with Gasteiger partial charge in [0.05, 0.1) is 25.3 Å². The molecule has 0 saturated carbocycles. The standard InChI is InChI=1S/C30H33N3O4S/c1-19(22-6-4-8-25(14-22)36-3)12-24(34)15-29-27(16-31)26-10-9-21(13-28(26)38-29)18-37-30(35)33-20(2)23-7-5-11-32-17-23/h4-8,11,14,17,19-21H,9-10,12-13,15,18H2,1-3H3,(H,33,35). The van der Waals surface area contributed by atoms with Crippen molar-refractivity contribution < 1.29 is 19.1 Å². The van der Waals surface area contributed by atoms with Crippen LogP contribution in [-0.2, 0) is 28.8 Å². The number of rotatable bonds is 10. The smallest absolute Gasteiger partial charge is 0.407 e. The highest BCUT2D eigenvalue weighted by Gasteiger charge is 2.28. The van der Waals surface area contributed by atoms with Gasteiger partial charge in [0.1, 0.15) is 17.6 Å². The quantitative estimate of drug-likeness (QED) is 0.348. The minimum Gasteiger partial charge on any atom is -0.497 e. The maximum absolute atomic E-state index is 13.0. The summed E-state index contributed by atoms with van der Waals surface area (Å²) < 4.78 is 10.8. The average molecular weight is 532 g/mol. The van der Waals surface area contributed by atoms with Crippen molar-refractivity contribution in [2.45, 2.75) is 57.9 Å². The Morgan fingerprint density at radius 2 is 2.05 bits per heavy atom. The molecule has 8 heteroatoms. The second-order valence-corrected chi connectivity index (χ2v) is 11.1. The highest BCUT2D eigenvalue weighted by atomic mass is 32.1. The Kier molecular flexibility index (Phi) is 9.14. The molecule has 3 atom stereocenters. The lowest BCUT2D eigenvalue weighted by Crippen LogP contribution is -2.30. The van der Waals surface area contributed by atoms with Crippen molar-refractivity contribution in [3.63, 3.8) is 0 Å². The molecule has 1 amide bonds. The van der Waals surface area contributed by atoms with Crippen molar-refractivity contribution in [1.82, 2.24) is 10.3 Å². The van der Waals surface area contributed by atoms with Gasteiger partial charge in [-0.25, -0.2) is 4.79 Å². The van der Waals surface area contributed by atoms with Gasteiger partial charge in [-0.2, -0.15) is 5.26 Å². The predicted octanol–water partition coefficient (Wildman–Crippen LogP) is 5.92. The molecule has 4 rings (SSSR count). The molecule has 3 unspecified atom stereocenters. The lowest BCUT2D eigenvalue weighted by atomic mass is 9.87. The van der Waals surface area contributed by atoms with E-state index in [1.54, 1.807) is 30.8 Å². The zero-order chi connectivity index (χ0) is 27.1. The number of fused-ring (bicyclic) bond motifs is 1. The van der Waals surface area contributed by atoms with Crippen LogP contribution in [0.15, 0.2) is 48.8 Å². The van der Waals surface area contributed by atoms with Gasteiger partial charge < -0.3 is 14.8 Å². The molecule has 1 aliphatic rings. The molecule has 3 aromatic rings. The minimum atomic E-state index is -0.451. The predicted molar refractivity (Wildman–Crippen MR) is 146 cm³/mol. The molecule has 7 nitrogen and oxygen atoms in total. The molecule has 0 fully saturated rings. The van der Waals surface area contributed by atoms with Crippen molar-refractivity contribution in [1.29, 1.82) is 5.26 Å². The number of Topliss-reactive ketones (excluding diaryl/α,β-unsaturated/α-hetero) is 1. The summed E-state index contributed by atoms with van der Waals surface area (Å²) in [5.74, 6) is 1.14. The van der Waals surface area contributed by atoms with Gasteiger partial charge >= 0.3 is 6.09 Å². The summed E-state index contributed by atoms with van der Waals surface area (Å²) in [6.07, 6.45) is 5.97. The number of methoxy groups -OCH3 is 1. The fourth-order valence-corrected chi connectivity index (χ4v) is 6.34. The summed E-state index contributed by atoms with van der Waals surface area (Å²) in [7, 11) is 1.63. The average Bonchev–Trinajstić information content (AvgIpc) is 3.28. The maximum Gasteiger partial charge on any atom is 0.407 e. The van der Waals surface area contributed by atoms with Crippen LogP contribution >= 0.6 is 11.3 Å². The summed E-state index contributed by atoms with van der Waals surface area (Å²) in [5.41, 5.74) is 3.70. The number of benzene rings is 1. The van der Waals surface area contributed by atoms with E-state index in [4.69, 9.17) is 9.47 Å². The number of amides is 1. The van der Waals surface area contributed by atoms with Crippen LogP contribution in [-0.4, -0.2) is 30.6 Å². The first-order valence-corrected chi connectivity index (χ1v) is 13.7. The van der Waals surface area contributed by atoms with Crippen molar-refractivity contribution in [2.24, 2.45) is 5.92 Å². The molecule has 198 valence electrons. The Balaban J connectivity index is 1.32. The summed E-state index contributed by atoms with van der Waals surface area (Å²) in [6, 6.07) is 13.7. The zero-order valence-electron chi connectivity index (χ0n) is 22.0. The van der Waals surface area contributed by atoms with E-state index in [1.807, 2.05) is 50.2 Å². The fourth-order valence-electron chi connectivity index (χ4n) is 4.89. The SMILES string of the molecule is COc1cccc(C(C)CC(=O)Cc2sc3c(c2C#N)CCC(COC(=O)NC(C)c2cccnc2)C3)c1. The Bertz CT molecular complexity index is 1310. The molecule has 0 aliphatic heterocycles. The van der Waals surface area contributed by atoms with Gasteiger partial charge in [-0.3, -0.25) is 9.78 Å². The van der Waals surface area contributed by atoms with Crippen molar-refractivity contribution >= 4 is 23.2 Å². The lowest BCUT2D eigenvalue weighted by molar-refractivity contribution is -0.118. The van der Waals surface area contributed by atoms with Crippen molar-refractivity contribution in [3.8, 4) is 11.8 Å². The number of nitrogens with zero attached hydrogens (tertiary/aromatic N) is 2. The third-order valence-electron chi connectivity index (χ3n) is 7.08. The second kappa shape index (κ2) is 12.7. The van der Waals surface area contributed by atoms with E-state index in [-0.39, 0.29) is 30.1 Å². The number of carbonyl (C=O) groups excluding carboxylic acids is 2. The molecule has 0 radical (unpaired) electrons. The van der Waals surface area contributed by atoms with Crippen LogP contribution in [0.2, 0.25) is 0 Å². The summed E-state index contributed by atoms with van der Waals surface area (Å²) in [4.78, 5) is 31.4. The Morgan fingerprint density at radius 3 is 2.79 bits per heavy atom. The highest BCUT2D eigenvalue weighted by Crippen LogP contribution is 2.37. The van der Waals surface area contributed by atoms with Crippen LogP contribution in [0.3, 0.4) is 0 Å². The van der Waals surface area contributed by atoms with Gasteiger partial charge in [0.25, 0.3) is 0 Å². The molecule has 2 aromatic heterocycles. The molecule has 2 heterocycles. The number of nitriles is 1. The molecule has 0 bridgehead atoms. The van der Waals surface area contributed by atoms with E-state index in [2.05, 4.69) is 16.4 Å². The number of hydrogen-bond donors (Lipinski definition) is 1. The topological polar surface area (TPSA) is 101 Å². The minimum absolute atomic E-state index is 0.0614. The number of ether oxygens (including phenoxy) is 2. The highest BCUT2D eigenvalue weighted by molar-refractivity contribution is 7.12. The van der Waals surface area contributed by atoms with Gasteiger partial charge in [-0.1, -0.05) is 25.1 Å². The number of aromatic nitrogens is 1. The molecule has 1 aliphatic carbocycles. The third-order valence-corrected chi connectivity index (χ3v) is 8.33. The van der Waals surface area contributed by atoms with E-state index >= 15 is 0 Å². The zero-order valence-corrected chi connectivity index (χ0v) is 22.8. The van der Waals surface area contributed by atoms with Crippen molar-refractivity contribution in [3.05, 3.63) is 80.8 Å². The number of carbonyl (C=O) groups is 2. The molecular formula is C30H33N3O4S. The van der Waals surface area contributed by atoms with Gasteiger partial charge in [-0.05, 0) is 72.9 Å². The summed E-state index contributed by atoms with van der Waals surface area (Å²) >= 11 is 1.56. The Morgan fingerprint density at radius 1 is 1.24 bits per heavy atom. The molecule has 38 heavy (non-hydrogen) atoms. The summed E-state index contributed by atoms with van der Waals surface area (Å²) in [6.45, 7) is 4.24. The van der Waals surface area contributed by atoms with E-state index in [9.17, 15) is 14.9 Å². The van der Waals surface area contributed by atoms with Crippen LogP contribution in [0.25, 0.3) is 0 Å². The van der Waals surface area contributed by atoms with Gasteiger partial charge in [-0.15, -0.1) is 11.3 Å². The first kappa shape index (κ1) is 27.3.